The molecule has 0 unspecified atom stereocenters. The highest BCUT2D eigenvalue weighted by atomic mass is 16.5. The Kier molecular flexibility index (Phi) is 5.08. The number of carbonyl (C=O) groups is 1. The second kappa shape index (κ2) is 7.83. The molecule has 2 aromatic carbocycles. The fourth-order valence-corrected chi connectivity index (χ4v) is 3.61. The molecule has 0 atom stereocenters. The van der Waals surface area contributed by atoms with Crippen molar-refractivity contribution >= 4 is 22.6 Å². The van der Waals surface area contributed by atoms with E-state index in [0.29, 0.717) is 12.2 Å². The first-order chi connectivity index (χ1) is 14.1. The zero-order valence-corrected chi connectivity index (χ0v) is 16.8. The van der Waals surface area contributed by atoms with Crippen LogP contribution in [0, 0.1) is 6.92 Å². The average molecular weight is 388 g/mol. The number of hydrogen-bond donors (Lipinski definition) is 2. The van der Waals surface area contributed by atoms with Crippen LogP contribution in [0.5, 0.6) is 5.75 Å². The minimum atomic E-state index is -0.0851. The Morgan fingerprint density at radius 3 is 2.76 bits per heavy atom. The fraction of sp³-hybridized carbons (Fsp3) is 0.217. The Hall–Kier alpha value is -3.54. The predicted molar refractivity (Wildman–Crippen MR) is 115 cm³/mol. The highest BCUT2D eigenvalue weighted by Gasteiger charge is 2.14. The molecule has 6 heteroatoms. The van der Waals surface area contributed by atoms with Crippen molar-refractivity contribution in [2.24, 2.45) is 0 Å². The van der Waals surface area contributed by atoms with Gasteiger partial charge in [-0.05, 0) is 43.2 Å². The molecule has 4 rings (SSSR count). The summed E-state index contributed by atoms with van der Waals surface area (Å²) in [5.74, 6) is 1.26. The SMILES string of the molecule is CCn1c(-c2cc(NC(=O)Cc3ccccc3C)n[nH]2)cc2ccc(OC)cc21. The lowest BCUT2D eigenvalue weighted by atomic mass is 10.1. The molecule has 0 saturated carbocycles. The number of aryl methyl sites for hydroxylation is 2. The van der Waals surface area contributed by atoms with E-state index in [1.807, 2.05) is 55.5 Å². The number of carbonyl (C=O) groups excluding carboxylic acids is 1. The first-order valence-electron chi connectivity index (χ1n) is 9.66. The molecule has 0 bridgehead atoms. The molecule has 2 N–H and O–H groups in total. The smallest absolute Gasteiger partial charge is 0.230 e. The molecule has 0 spiro atoms. The minimum Gasteiger partial charge on any atom is -0.497 e. The number of hydrogen-bond acceptors (Lipinski definition) is 3. The maximum absolute atomic E-state index is 12.4. The summed E-state index contributed by atoms with van der Waals surface area (Å²) in [7, 11) is 1.67. The van der Waals surface area contributed by atoms with Crippen LogP contribution < -0.4 is 10.1 Å². The predicted octanol–water partition coefficient (Wildman–Crippen LogP) is 4.55. The summed E-state index contributed by atoms with van der Waals surface area (Å²) in [6, 6.07) is 17.9. The van der Waals surface area contributed by atoms with Crippen LogP contribution in [0.15, 0.2) is 54.6 Å². The second-order valence-electron chi connectivity index (χ2n) is 7.02. The lowest BCUT2D eigenvalue weighted by molar-refractivity contribution is -0.115. The Balaban J connectivity index is 1.57. The first kappa shape index (κ1) is 18.8. The average Bonchev–Trinajstić information content (AvgIpc) is 3.32. The van der Waals surface area contributed by atoms with Crippen LogP contribution in [-0.2, 0) is 17.8 Å². The fourth-order valence-electron chi connectivity index (χ4n) is 3.61. The van der Waals surface area contributed by atoms with Gasteiger partial charge in [0.15, 0.2) is 5.82 Å². The quantitative estimate of drug-likeness (QED) is 0.509. The lowest BCUT2D eigenvalue weighted by Gasteiger charge is -2.07. The zero-order chi connectivity index (χ0) is 20.4. The van der Waals surface area contributed by atoms with Gasteiger partial charge in [-0.1, -0.05) is 24.3 Å². The highest BCUT2D eigenvalue weighted by Crippen LogP contribution is 2.30. The Labute approximate surface area is 169 Å². The van der Waals surface area contributed by atoms with Crippen molar-refractivity contribution in [3.63, 3.8) is 0 Å². The number of rotatable bonds is 6. The number of H-pyrrole nitrogens is 1. The van der Waals surface area contributed by atoms with E-state index in [1.54, 1.807) is 7.11 Å². The molecule has 0 fully saturated rings. The number of benzene rings is 2. The number of aromatic nitrogens is 3. The summed E-state index contributed by atoms with van der Waals surface area (Å²) in [5.41, 5.74) is 5.09. The van der Waals surface area contributed by atoms with Crippen LogP contribution in [0.3, 0.4) is 0 Å². The van der Waals surface area contributed by atoms with Crippen molar-refractivity contribution in [2.75, 3.05) is 12.4 Å². The number of aromatic amines is 1. The van der Waals surface area contributed by atoms with Crippen LogP contribution in [0.1, 0.15) is 18.1 Å². The van der Waals surface area contributed by atoms with Gasteiger partial charge in [0.25, 0.3) is 0 Å². The lowest BCUT2D eigenvalue weighted by Crippen LogP contribution is -2.15. The summed E-state index contributed by atoms with van der Waals surface area (Å²) >= 11 is 0. The van der Waals surface area contributed by atoms with Crippen molar-refractivity contribution in [1.29, 1.82) is 0 Å². The molecular weight excluding hydrogens is 364 g/mol. The molecule has 1 amide bonds. The van der Waals surface area contributed by atoms with E-state index in [2.05, 4.69) is 33.1 Å². The highest BCUT2D eigenvalue weighted by molar-refractivity contribution is 5.92. The van der Waals surface area contributed by atoms with E-state index >= 15 is 0 Å². The summed E-state index contributed by atoms with van der Waals surface area (Å²) in [6.07, 6.45) is 0.323. The second-order valence-corrected chi connectivity index (χ2v) is 7.02. The molecule has 4 aromatic rings. The van der Waals surface area contributed by atoms with Gasteiger partial charge in [-0.2, -0.15) is 5.10 Å². The van der Waals surface area contributed by atoms with E-state index in [1.165, 1.54) is 0 Å². The normalized spacial score (nSPS) is 11.0. The first-order valence-corrected chi connectivity index (χ1v) is 9.66. The monoisotopic (exact) mass is 388 g/mol. The Morgan fingerprint density at radius 1 is 1.17 bits per heavy atom. The molecule has 6 nitrogen and oxygen atoms in total. The van der Waals surface area contributed by atoms with Gasteiger partial charge in [-0.3, -0.25) is 9.89 Å². The molecule has 0 radical (unpaired) electrons. The molecule has 148 valence electrons. The largest absolute Gasteiger partial charge is 0.497 e. The van der Waals surface area contributed by atoms with Crippen LogP contribution in [0.25, 0.3) is 22.3 Å². The number of nitrogens with zero attached hydrogens (tertiary/aromatic N) is 2. The summed E-state index contributed by atoms with van der Waals surface area (Å²) < 4.78 is 7.56. The molecule has 0 aliphatic rings. The number of amides is 1. The van der Waals surface area contributed by atoms with E-state index < -0.39 is 0 Å². The number of fused-ring (bicyclic) bond motifs is 1. The van der Waals surface area contributed by atoms with E-state index in [-0.39, 0.29) is 5.91 Å². The third-order valence-electron chi connectivity index (χ3n) is 5.16. The molecular formula is C23H24N4O2. The van der Waals surface area contributed by atoms with Gasteiger partial charge in [0.05, 0.1) is 30.4 Å². The van der Waals surface area contributed by atoms with Crippen LogP contribution in [0.2, 0.25) is 0 Å². The Morgan fingerprint density at radius 2 is 2.00 bits per heavy atom. The van der Waals surface area contributed by atoms with E-state index in [0.717, 1.165) is 45.7 Å². The minimum absolute atomic E-state index is 0.0851. The Bertz CT molecular complexity index is 1170. The molecule has 29 heavy (non-hydrogen) atoms. The van der Waals surface area contributed by atoms with E-state index in [4.69, 9.17) is 4.74 Å². The van der Waals surface area contributed by atoms with Crippen molar-refractivity contribution in [1.82, 2.24) is 14.8 Å². The summed E-state index contributed by atoms with van der Waals surface area (Å²) in [6.45, 7) is 4.91. The molecule has 2 heterocycles. The van der Waals surface area contributed by atoms with Gasteiger partial charge < -0.3 is 14.6 Å². The number of anilines is 1. The topological polar surface area (TPSA) is 71.9 Å². The van der Waals surface area contributed by atoms with Gasteiger partial charge in [0.1, 0.15) is 5.75 Å². The maximum atomic E-state index is 12.4. The van der Waals surface area contributed by atoms with Crippen molar-refractivity contribution in [2.45, 2.75) is 26.8 Å². The van der Waals surface area contributed by atoms with E-state index in [9.17, 15) is 4.79 Å². The molecule has 0 saturated heterocycles. The summed E-state index contributed by atoms with van der Waals surface area (Å²) in [5, 5.41) is 11.3. The number of nitrogens with one attached hydrogen (secondary N) is 2. The van der Waals surface area contributed by atoms with Gasteiger partial charge in [0.2, 0.25) is 5.91 Å². The summed E-state index contributed by atoms with van der Waals surface area (Å²) in [4.78, 5) is 12.4. The molecule has 0 aliphatic carbocycles. The van der Waals surface area contributed by atoms with Crippen LogP contribution in [0.4, 0.5) is 5.82 Å². The van der Waals surface area contributed by atoms with Crippen molar-refractivity contribution < 1.29 is 9.53 Å². The van der Waals surface area contributed by atoms with Crippen LogP contribution in [-0.4, -0.2) is 27.8 Å². The zero-order valence-electron chi connectivity index (χ0n) is 16.8. The molecule has 0 aliphatic heterocycles. The third-order valence-corrected chi connectivity index (χ3v) is 5.16. The maximum Gasteiger partial charge on any atom is 0.230 e. The molecule has 2 aromatic heterocycles. The van der Waals surface area contributed by atoms with Gasteiger partial charge in [-0.25, -0.2) is 0 Å². The van der Waals surface area contributed by atoms with Crippen molar-refractivity contribution in [3.8, 4) is 17.1 Å². The third kappa shape index (κ3) is 3.74. The number of methoxy groups -OCH3 is 1. The van der Waals surface area contributed by atoms with Crippen molar-refractivity contribution in [3.05, 3.63) is 65.7 Å². The van der Waals surface area contributed by atoms with Gasteiger partial charge in [-0.15, -0.1) is 0 Å². The van der Waals surface area contributed by atoms with Gasteiger partial charge in [0, 0.05) is 24.1 Å². The standard InChI is InChI=1S/C23H24N4O2/c1-4-27-20-13-18(29-3)10-9-17(20)11-21(27)19-14-22(26-25-19)24-23(28)12-16-8-6-5-7-15(16)2/h5-11,13-14H,4,12H2,1-3H3,(H2,24,25,26,28). The number of ether oxygens (including phenoxy) is 1. The van der Waals surface area contributed by atoms with Gasteiger partial charge >= 0.3 is 0 Å². The van der Waals surface area contributed by atoms with Crippen LogP contribution >= 0.6 is 0 Å².